The molecular formula is C15H14ClN5O2S2. The van der Waals surface area contributed by atoms with Crippen molar-refractivity contribution in [3.05, 3.63) is 40.0 Å². The van der Waals surface area contributed by atoms with E-state index in [9.17, 15) is 8.42 Å². The van der Waals surface area contributed by atoms with Crippen LogP contribution in [-0.4, -0.2) is 36.5 Å². The number of nitrogens with zero attached hydrogens (tertiary/aromatic N) is 4. The Labute approximate surface area is 154 Å². The molecule has 2 N–H and O–H groups in total. The molecule has 3 heterocycles. The highest BCUT2D eigenvalue weighted by Crippen LogP contribution is 2.43. The first-order chi connectivity index (χ1) is 11.7. The zero-order valence-corrected chi connectivity index (χ0v) is 15.8. The molecule has 0 bridgehead atoms. The molecule has 3 rings (SSSR count). The fourth-order valence-corrected chi connectivity index (χ4v) is 5.57. The lowest BCUT2D eigenvalue weighted by molar-refractivity contribution is 0.478. The van der Waals surface area contributed by atoms with Crippen molar-refractivity contribution in [2.75, 3.05) is 12.8 Å². The molecule has 25 heavy (non-hydrogen) atoms. The van der Waals surface area contributed by atoms with Crippen LogP contribution < -0.4 is 5.73 Å². The Morgan fingerprint density at radius 2 is 2.20 bits per heavy atom. The highest BCUT2D eigenvalue weighted by molar-refractivity contribution is 7.89. The maximum absolute atomic E-state index is 12.3. The van der Waals surface area contributed by atoms with Gasteiger partial charge in [-0.1, -0.05) is 11.6 Å². The molecule has 0 aliphatic carbocycles. The number of sulfonamides is 1. The van der Waals surface area contributed by atoms with Gasteiger partial charge in [0.2, 0.25) is 16.0 Å². The number of guanidine groups is 1. The molecular weight excluding hydrogens is 382 g/mol. The highest BCUT2D eigenvalue weighted by Gasteiger charge is 2.42. The van der Waals surface area contributed by atoms with Gasteiger partial charge in [-0.2, -0.15) is 5.26 Å². The van der Waals surface area contributed by atoms with E-state index in [2.05, 4.69) is 9.98 Å². The van der Waals surface area contributed by atoms with Crippen LogP contribution in [0.5, 0.6) is 0 Å². The molecule has 130 valence electrons. The summed E-state index contributed by atoms with van der Waals surface area (Å²) in [6.45, 7) is 1.69. The number of aromatic nitrogens is 1. The fraction of sp³-hybridized carbons (Fsp3) is 0.267. The van der Waals surface area contributed by atoms with Crippen LogP contribution in [0.15, 0.2) is 29.4 Å². The van der Waals surface area contributed by atoms with Gasteiger partial charge in [-0.15, -0.1) is 11.3 Å². The molecule has 0 amide bonds. The molecule has 0 aromatic carbocycles. The number of hydrogen-bond donors (Lipinski definition) is 1. The SMILES string of the molecule is CN1C(N)=N[C@](C)(c2cc(-c3ccnc(C#N)c3)sc2Cl)CS1(=O)=O. The Hall–Kier alpha value is -2.15. The van der Waals surface area contributed by atoms with Crippen LogP contribution in [0.2, 0.25) is 4.34 Å². The molecule has 0 radical (unpaired) electrons. The first-order valence-electron chi connectivity index (χ1n) is 7.14. The van der Waals surface area contributed by atoms with Crippen molar-refractivity contribution >= 4 is 38.9 Å². The topological polar surface area (TPSA) is 112 Å². The van der Waals surface area contributed by atoms with Gasteiger partial charge in [-0.3, -0.25) is 0 Å². The monoisotopic (exact) mass is 395 g/mol. The molecule has 0 saturated heterocycles. The van der Waals surface area contributed by atoms with Crippen molar-refractivity contribution in [2.45, 2.75) is 12.5 Å². The van der Waals surface area contributed by atoms with Gasteiger partial charge in [-0.25, -0.2) is 22.7 Å². The summed E-state index contributed by atoms with van der Waals surface area (Å²) in [4.78, 5) is 9.10. The smallest absolute Gasteiger partial charge is 0.239 e. The second-order valence-corrected chi connectivity index (χ2v) is 9.46. The summed E-state index contributed by atoms with van der Waals surface area (Å²) in [5.74, 6) is -0.305. The molecule has 1 aliphatic rings. The molecule has 0 saturated carbocycles. The lowest BCUT2D eigenvalue weighted by Crippen LogP contribution is -2.50. The number of aliphatic imine (C=N–C) groups is 1. The van der Waals surface area contributed by atoms with Gasteiger partial charge in [0, 0.05) is 23.7 Å². The van der Waals surface area contributed by atoms with E-state index in [4.69, 9.17) is 22.6 Å². The number of rotatable bonds is 2. The number of hydrogen-bond acceptors (Lipinski definition) is 7. The molecule has 2 aromatic rings. The Bertz CT molecular complexity index is 1020. The van der Waals surface area contributed by atoms with Crippen molar-refractivity contribution in [3.63, 3.8) is 0 Å². The number of nitriles is 1. The van der Waals surface area contributed by atoms with Crippen molar-refractivity contribution in [2.24, 2.45) is 10.7 Å². The van der Waals surface area contributed by atoms with Crippen LogP contribution in [0.25, 0.3) is 10.4 Å². The van der Waals surface area contributed by atoms with Crippen molar-refractivity contribution in [3.8, 4) is 16.5 Å². The molecule has 1 atom stereocenters. The second-order valence-electron chi connectivity index (χ2n) is 5.81. The normalized spacial score (nSPS) is 22.3. The Morgan fingerprint density at radius 3 is 2.84 bits per heavy atom. The molecule has 0 fully saturated rings. The van der Waals surface area contributed by atoms with Crippen LogP contribution in [0.1, 0.15) is 18.2 Å². The van der Waals surface area contributed by atoms with E-state index >= 15 is 0 Å². The molecule has 2 aromatic heterocycles. The van der Waals surface area contributed by atoms with E-state index in [1.807, 2.05) is 6.07 Å². The van der Waals surface area contributed by atoms with E-state index < -0.39 is 15.6 Å². The van der Waals surface area contributed by atoms with E-state index in [1.165, 1.54) is 18.4 Å². The maximum Gasteiger partial charge on any atom is 0.239 e. The van der Waals surface area contributed by atoms with E-state index in [0.717, 1.165) is 14.7 Å². The average molecular weight is 396 g/mol. The van der Waals surface area contributed by atoms with Gasteiger partial charge in [0.05, 0.1) is 10.1 Å². The zero-order chi connectivity index (χ0) is 18.4. The second kappa shape index (κ2) is 5.98. The molecule has 0 spiro atoms. The van der Waals surface area contributed by atoms with E-state index in [1.54, 1.807) is 31.3 Å². The molecule has 10 heteroatoms. The minimum absolute atomic E-state index is 0.0757. The zero-order valence-electron chi connectivity index (χ0n) is 13.4. The van der Waals surface area contributed by atoms with Gasteiger partial charge in [0.15, 0.2) is 0 Å². The lowest BCUT2D eigenvalue weighted by Gasteiger charge is -2.34. The predicted octanol–water partition coefficient (Wildman–Crippen LogP) is 2.14. The van der Waals surface area contributed by atoms with Crippen molar-refractivity contribution in [1.29, 1.82) is 5.26 Å². The quantitative estimate of drug-likeness (QED) is 0.836. The van der Waals surface area contributed by atoms with E-state index in [0.29, 0.717) is 15.6 Å². The summed E-state index contributed by atoms with van der Waals surface area (Å²) in [5.41, 5.74) is 6.36. The molecule has 0 unspecified atom stereocenters. The third kappa shape index (κ3) is 3.08. The van der Waals surface area contributed by atoms with Gasteiger partial charge in [-0.05, 0) is 30.7 Å². The summed E-state index contributed by atoms with van der Waals surface area (Å²) in [6.07, 6.45) is 1.54. The lowest BCUT2D eigenvalue weighted by atomic mass is 9.97. The number of nitrogens with two attached hydrogens (primary N) is 1. The summed E-state index contributed by atoms with van der Waals surface area (Å²) in [5, 5.41) is 8.99. The Kier molecular flexibility index (Phi) is 4.23. The standard InChI is InChI=1S/C15H14ClN5O2S2/c1-15(8-25(22,23)21(2)14(18)20-15)11-6-12(24-13(11)16)9-3-4-19-10(5-9)7-17/h3-6H,8H2,1-2H3,(H2,18,20)/t15-/m0/s1. The van der Waals surface area contributed by atoms with Crippen LogP contribution in [0.4, 0.5) is 0 Å². The summed E-state index contributed by atoms with van der Waals surface area (Å²) in [6, 6.07) is 7.19. The molecule has 1 aliphatic heterocycles. The number of halogens is 1. The number of pyridine rings is 1. The Morgan fingerprint density at radius 1 is 1.48 bits per heavy atom. The first-order valence-corrected chi connectivity index (χ1v) is 9.95. The third-order valence-electron chi connectivity index (χ3n) is 3.99. The van der Waals surface area contributed by atoms with Crippen LogP contribution >= 0.6 is 22.9 Å². The van der Waals surface area contributed by atoms with Gasteiger partial charge in [0.25, 0.3) is 0 Å². The summed E-state index contributed by atoms with van der Waals surface area (Å²) >= 11 is 7.68. The van der Waals surface area contributed by atoms with Gasteiger partial charge in [0.1, 0.15) is 17.3 Å². The summed E-state index contributed by atoms with van der Waals surface area (Å²) in [7, 11) is -2.21. The van der Waals surface area contributed by atoms with Crippen LogP contribution in [-0.2, 0) is 15.6 Å². The minimum Gasteiger partial charge on any atom is -0.369 e. The van der Waals surface area contributed by atoms with Crippen molar-refractivity contribution < 1.29 is 8.42 Å². The minimum atomic E-state index is -3.58. The molecule has 7 nitrogen and oxygen atoms in total. The average Bonchev–Trinajstić information content (AvgIpc) is 2.95. The van der Waals surface area contributed by atoms with E-state index in [-0.39, 0.29) is 11.7 Å². The summed E-state index contributed by atoms with van der Waals surface area (Å²) < 4.78 is 26.1. The first kappa shape index (κ1) is 17.7. The largest absolute Gasteiger partial charge is 0.369 e. The highest BCUT2D eigenvalue weighted by atomic mass is 35.5. The maximum atomic E-state index is 12.3. The van der Waals surface area contributed by atoms with Crippen LogP contribution in [0, 0.1) is 11.3 Å². The van der Waals surface area contributed by atoms with Crippen LogP contribution in [0.3, 0.4) is 0 Å². The van der Waals surface area contributed by atoms with Crippen molar-refractivity contribution in [1.82, 2.24) is 9.29 Å². The number of thiophene rings is 1. The fourth-order valence-electron chi connectivity index (χ4n) is 2.61. The third-order valence-corrected chi connectivity index (χ3v) is 7.35. The Balaban J connectivity index is 2.11. The van der Waals surface area contributed by atoms with Gasteiger partial charge < -0.3 is 5.73 Å². The van der Waals surface area contributed by atoms with Gasteiger partial charge >= 0.3 is 0 Å². The predicted molar refractivity (Wildman–Crippen MR) is 97.8 cm³/mol.